The summed E-state index contributed by atoms with van der Waals surface area (Å²) in [5.41, 5.74) is 4.19. The summed E-state index contributed by atoms with van der Waals surface area (Å²) >= 11 is 0. The molecule has 1 fully saturated rings. The highest BCUT2D eigenvalue weighted by molar-refractivity contribution is 5.81. The van der Waals surface area contributed by atoms with Gasteiger partial charge in [0.25, 0.3) is 0 Å². The van der Waals surface area contributed by atoms with E-state index >= 15 is 0 Å². The highest BCUT2D eigenvalue weighted by Crippen LogP contribution is 2.31. The fourth-order valence-corrected chi connectivity index (χ4v) is 4.12. The van der Waals surface area contributed by atoms with Crippen molar-refractivity contribution in [3.05, 3.63) is 53.9 Å². The minimum Gasteiger partial charge on any atom is -0.331 e. The molecule has 1 N–H and O–H groups in total. The molecular formula is C20H22N6O. The Morgan fingerprint density at radius 1 is 1.26 bits per heavy atom. The van der Waals surface area contributed by atoms with Gasteiger partial charge in [0.05, 0.1) is 23.4 Å². The van der Waals surface area contributed by atoms with E-state index in [1.165, 1.54) is 5.56 Å². The van der Waals surface area contributed by atoms with Gasteiger partial charge in [0, 0.05) is 43.5 Å². The number of hydrogen-bond acceptors (Lipinski definition) is 5. The van der Waals surface area contributed by atoms with Gasteiger partial charge in [0.2, 0.25) is 5.91 Å². The van der Waals surface area contributed by atoms with Crippen molar-refractivity contribution in [2.45, 2.75) is 38.4 Å². The molecule has 2 aliphatic heterocycles. The molecular weight excluding hydrogens is 340 g/mol. The monoisotopic (exact) mass is 362 g/mol. The number of aromatic nitrogens is 4. The first-order valence-corrected chi connectivity index (χ1v) is 9.54. The van der Waals surface area contributed by atoms with Gasteiger partial charge < -0.3 is 14.8 Å². The maximum Gasteiger partial charge on any atom is 0.243 e. The molecule has 0 radical (unpaired) electrons. The maximum atomic E-state index is 13.0. The van der Waals surface area contributed by atoms with Crippen LogP contribution in [-0.2, 0) is 24.3 Å². The van der Waals surface area contributed by atoms with Gasteiger partial charge in [-0.1, -0.05) is 12.1 Å². The zero-order valence-electron chi connectivity index (χ0n) is 15.1. The van der Waals surface area contributed by atoms with Gasteiger partial charge in [0.15, 0.2) is 5.82 Å². The molecule has 1 atom stereocenters. The average molecular weight is 362 g/mol. The summed E-state index contributed by atoms with van der Waals surface area (Å²) in [5, 5.41) is 3.34. The van der Waals surface area contributed by atoms with E-state index in [4.69, 9.17) is 4.98 Å². The van der Waals surface area contributed by atoms with Crippen molar-refractivity contribution in [1.82, 2.24) is 29.7 Å². The second kappa shape index (κ2) is 6.74. The van der Waals surface area contributed by atoms with Crippen molar-refractivity contribution >= 4 is 16.9 Å². The van der Waals surface area contributed by atoms with E-state index in [1.54, 1.807) is 6.33 Å². The summed E-state index contributed by atoms with van der Waals surface area (Å²) in [6, 6.07) is 7.87. The van der Waals surface area contributed by atoms with Crippen molar-refractivity contribution in [3.8, 4) is 0 Å². The third-order valence-corrected chi connectivity index (χ3v) is 5.53. The van der Waals surface area contributed by atoms with Crippen LogP contribution in [0, 0.1) is 0 Å². The molecule has 7 nitrogen and oxygen atoms in total. The van der Waals surface area contributed by atoms with E-state index in [9.17, 15) is 4.79 Å². The number of carbonyl (C=O) groups excluding carboxylic acids is 1. The Morgan fingerprint density at radius 3 is 3.15 bits per heavy atom. The average Bonchev–Trinajstić information content (AvgIpc) is 3.35. The van der Waals surface area contributed by atoms with E-state index in [0.717, 1.165) is 61.4 Å². The molecule has 3 aromatic rings. The Bertz CT molecular complexity index is 997. The molecule has 2 aliphatic rings. The molecule has 4 heterocycles. The van der Waals surface area contributed by atoms with Gasteiger partial charge >= 0.3 is 0 Å². The van der Waals surface area contributed by atoms with E-state index in [0.29, 0.717) is 6.54 Å². The lowest BCUT2D eigenvalue weighted by Crippen LogP contribution is -2.34. The number of carbonyl (C=O) groups is 1. The summed E-state index contributed by atoms with van der Waals surface area (Å²) in [6.07, 6.45) is 6.51. The van der Waals surface area contributed by atoms with Crippen LogP contribution in [0.3, 0.4) is 0 Å². The lowest BCUT2D eigenvalue weighted by atomic mass is 10.1. The van der Waals surface area contributed by atoms with Crippen LogP contribution in [0.1, 0.15) is 36.0 Å². The molecule has 2 aromatic heterocycles. The molecule has 0 unspecified atom stereocenters. The number of imidazole rings is 1. The molecule has 1 aromatic carbocycles. The van der Waals surface area contributed by atoms with Gasteiger partial charge in [0.1, 0.15) is 6.54 Å². The summed E-state index contributed by atoms with van der Waals surface area (Å²) in [4.78, 5) is 28.8. The van der Waals surface area contributed by atoms with Gasteiger partial charge in [-0.15, -0.1) is 0 Å². The number of para-hydroxylation sites is 2. The molecule has 7 heteroatoms. The Morgan fingerprint density at radius 2 is 2.19 bits per heavy atom. The van der Waals surface area contributed by atoms with E-state index in [-0.39, 0.29) is 11.9 Å². The largest absolute Gasteiger partial charge is 0.331 e. The number of benzene rings is 1. The van der Waals surface area contributed by atoms with Crippen molar-refractivity contribution in [2.24, 2.45) is 0 Å². The number of hydrogen-bond donors (Lipinski definition) is 1. The van der Waals surface area contributed by atoms with E-state index < -0.39 is 0 Å². The molecule has 1 amide bonds. The lowest BCUT2D eigenvalue weighted by Gasteiger charge is -2.25. The molecule has 138 valence electrons. The SMILES string of the molecule is O=C(Cn1cnc2ccccc21)N1CCC[C@H]1c1ncc2c(n1)CCNC2. The Kier molecular flexibility index (Phi) is 4.09. The lowest BCUT2D eigenvalue weighted by molar-refractivity contribution is -0.132. The fraction of sp³-hybridized carbons (Fsp3) is 0.400. The highest BCUT2D eigenvalue weighted by Gasteiger charge is 2.32. The fourth-order valence-electron chi connectivity index (χ4n) is 4.12. The molecule has 1 saturated heterocycles. The van der Waals surface area contributed by atoms with Crippen LogP contribution in [0.15, 0.2) is 36.8 Å². The summed E-state index contributed by atoms with van der Waals surface area (Å²) in [6.45, 7) is 2.84. The molecule has 5 rings (SSSR count). The van der Waals surface area contributed by atoms with Gasteiger partial charge in [-0.25, -0.2) is 15.0 Å². The van der Waals surface area contributed by atoms with Crippen molar-refractivity contribution in [2.75, 3.05) is 13.1 Å². The Labute approximate surface area is 157 Å². The van der Waals surface area contributed by atoms with Crippen LogP contribution >= 0.6 is 0 Å². The van der Waals surface area contributed by atoms with Crippen molar-refractivity contribution in [1.29, 1.82) is 0 Å². The van der Waals surface area contributed by atoms with Crippen molar-refractivity contribution < 1.29 is 4.79 Å². The third kappa shape index (κ3) is 2.98. The summed E-state index contributed by atoms with van der Waals surface area (Å²) < 4.78 is 1.92. The first-order valence-electron chi connectivity index (χ1n) is 9.54. The van der Waals surface area contributed by atoms with Crippen molar-refractivity contribution in [3.63, 3.8) is 0 Å². The number of rotatable bonds is 3. The van der Waals surface area contributed by atoms with E-state index in [1.807, 2.05) is 39.9 Å². The second-order valence-electron chi connectivity index (χ2n) is 7.23. The normalized spacial score (nSPS) is 19.4. The predicted octanol–water partition coefficient (Wildman–Crippen LogP) is 1.84. The molecule has 0 bridgehead atoms. The minimum atomic E-state index is -0.0209. The number of nitrogens with zero attached hydrogens (tertiary/aromatic N) is 5. The zero-order chi connectivity index (χ0) is 18.2. The molecule has 0 saturated carbocycles. The van der Waals surface area contributed by atoms with Crippen LogP contribution in [0.4, 0.5) is 0 Å². The van der Waals surface area contributed by atoms with E-state index in [2.05, 4.69) is 15.3 Å². The first-order chi connectivity index (χ1) is 13.3. The number of likely N-dealkylation sites (tertiary alicyclic amines) is 1. The number of fused-ring (bicyclic) bond motifs is 2. The maximum absolute atomic E-state index is 13.0. The van der Waals surface area contributed by atoms with Crippen LogP contribution in [0.25, 0.3) is 11.0 Å². The topological polar surface area (TPSA) is 75.9 Å². The highest BCUT2D eigenvalue weighted by atomic mass is 16.2. The quantitative estimate of drug-likeness (QED) is 0.769. The second-order valence-corrected chi connectivity index (χ2v) is 7.23. The van der Waals surface area contributed by atoms with Crippen LogP contribution in [0.2, 0.25) is 0 Å². The molecule has 0 spiro atoms. The smallest absolute Gasteiger partial charge is 0.243 e. The van der Waals surface area contributed by atoms with Gasteiger partial charge in [-0.05, 0) is 25.0 Å². The Hall–Kier alpha value is -2.80. The predicted molar refractivity (Wildman–Crippen MR) is 101 cm³/mol. The molecule has 27 heavy (non-hydrogen) atoms. The Balaban J connectivity index is 1.38. The zero-order valence-corrected chi connectivity index (χ0v) is 15.1. The van der Waals surface area contributed by atoms with Gasteiger partial charge in [-0.3, -0.25) is 4.79 Å². The van der Waals surface area contributed by atoms with Crippen LogP contribution in [0.5, 0.6) is 0 Å². The standard InChI is InChI=1S/C20H22N6O/c27-19(12-25-13-23-16-4-1-2-5-17(16)25)26-9-3-6-18(26)20-22-11-14-10-21-8-7-15(14)24-20/h1-2,4-5,11,13,18,21H,3,6-10,12H2/t18-/m0/s1. The molecule has 0 aliphatic carbocycles. The van der Waals surface area contributed by atoms with Crippen LogP contribution < -0.4 is 5.32 Å². The van der Waals surface area contributed by atoms with Gasteiger partial charge in [-0.2, -0.15) is 0 Å². The summed E-state index contributed by atoms with van der Waals surface area (Å²) in [7, 11) is 0. The number of nitrogens with one attached hydrogen (secondary N) is 1. The van der Waals surface area contributed by atoms with Crippen LogP contribution in [-0.4, -0.2) is 43.4 Å². The number of amides is 1. The first kappa shape index (κ1) is 16.4. The minimum absolute atomic E-state index is 0.0209. The third-order valence-electron chi connectivity index (χ3n) is 5.53. The summed E-state index contributed by atoms with van der Waals surface area (Å²) in [5.74, 6) is 0.889.